The van der Waals surface area contributed by atoms with Crippen LogP contribution in [0.1, 0.15) is 26.2 Å². The predicted octanol–water partition coefficient (Wildman–Crippen LogP) is 1.05. The smallest absolute Gasteiger partial charge is 0.332 e. The van der Waals surface area contributed by atoms with E-state index in [0.29, 0.717) is 6.61 Å². The molecule has 1 N–H and O–H groups in total. The van der Waals surface area contributed by atoms with Crippen LogP contribution in [0.15, 0.2) is 0 Å². The molecule has 0 aromatic heterocycles. The van der Waals surface area contributed by atoms with E-state index in [2.05, 4.69) is 0 Å². The fourth-order valence-electron chi connectivity index (χ4n) is 1.32. The van der Waals surface area contributed by atoms with Gasteiger partial charge in [0.25, 0.3) is 0 Å². The number of carboxylic acid groups (broad SMARTS) is 1. The lowest BCUT2D eigenvalue weighted by atomic mass is 10.2. The largest absolute Gasteiger partial charge is 0.479 e. The van der Waals surface area contributed by atoms with Crippen LogP contribution in [0.4, 0.5) is 0 Å². The third-order valence-electron chi connectivity index (χ3n) is 2.18. The van der Waals surface area contributed by atoms with Crippen molar-refractivity contribution in [2.45, 2.75) is 38.4 Å². The minimum absolute atomic E-state index is 0.279. The Morgan fingerprint density at radius 2 is 2.54 bits per heavy atom. The number of carbonyl (C=O) groups is 1. The molecular formula is C9H16O4. The maximum atomic E-state index is 10.4. The zero-order valence-electron chi connectivity index (χ0n) is 7.86. The Balaban J connectivity index is 2.02. The Kier molecular flexibility index (Phi) is 4.18. The summed E-state index contributed by atoms with van der Waals surface area (Å²) in [5.74, 6) is -0.910. The van der Waals surface area contributed by atoms with Crippen molar-refractivity contribution in [2.75, 3.05) is 13.2 Å². The second-order valence-electron chi connectivity index (χ2n) is 3.27. The quantitative estimate of drug-likeness (QED) is 0.700. The van der Waals surface area contributed by atoms with Crippen LogP contribution in [0.25, 0.3) is 0 Å². The van der Waals surface area contributed by atoms with Crippen LogP contribution >= 0.6 is 0 Å². The summed E-state index contributed by atoms with van der Waals surface area (Å²) in [6, 6.07) is 0. The third-order valence-corrected chi connectivity index (χ3v) is 2.18. The van der Waals surface area contributed by atoms with Crippen molar-refractivity contribution in [3.8, 4) is 0 Å². The van der Waals surface area contributed by atoms with Crippen LogP contribution in [0.2, 0.25) is 0 Å². The van der Waals surface area contributed by atoms with E-state index in [9.17, 15) is 4.79 Å². The van der Waals surface area contributed by atoms with Crippen molar-refractivity contribution >= 4 is 5.97 Å². The predicted molar refractivity (Wildman–Crippen MR) is 46.6 cm³/mol. The summed E-state index contributed by atoms with van der Waals surface area (Å²) in [5, 5.41) is 8.52. The van der Waals surface area contributed by atoms with E-state index >= 15 is 0 Å². The summed E-state index contributed by atoms with van der Waals surface area (Å²) in [6.07, 6.45) is 2.56. The molecule has 13 heavy (non-hydrogen) atoms. The maximum Gasteiger partial charge on any atom is 0.332 e. The van der Waals surface area contributed by atoms with Crippen LogP contribution in [-0.2, 0) is 14.3 Å². The van der Waals surface area contributed by atoms with Gasteiger partial charge in [0.2, 0.25) is 0 Å². The molecule has 1 heterocycles. The number of ether oxygens (including phenoxy) is 2. The molecule has 4 heteroatoms. The summed E-state index contributed by atoms with van der Waals surface area (Å²) in [4.78, 5) is 10.4. The van der Waals surface area contributed by atoms with E-state index < -0.39 is 12.1 Å². The summed E-state index contributed by atoms with van der Waals surface area (Å²) >= 11 is 0. The van der Waals surface area contributed by atoms with Crippen molar-refractivity contribution in [3.63, 3.8) is 0 Å². The lowest BCUT2D eigenvalue weighted by Gasteiger charge is -2.11. The van der Waals surface area contributed by atoms with Gasteiger partial charge in [0.15, 0.2) is 6.10 Å². The molecule has 2 atom stereocenters. The highest BCUT2D eigenvalue weighted by molar-refractivity contribution is 5.71. The molecule has 0 saturated carbocycles. The van der Waals surface area contributed by atoms with E-state index in [1.807, 2.05) is 0 Å². The normalized spacial score (nSPS) is 24.5. The molecule has 0 aliphatic carbocycles. The van der Waals surface area contributed by atoms with Crippen molar-refractivity contribution < 1.29 is 19.4 Å². The monoisotopic (exact) mass is 188 g/mol. The highest BCUT2D eigenvalue weighted by Crippen LogP contribution is 2.15. The van der Waals surface area contributed by atoms with Gasteiger partial charge in [0.1, 0.15) is 0 Å². The first-order valence-electron chi connectivity index (χ1n) is 4.66. The molecular weight excluding hydrogens is 172 g/mol. The molecule has 0 aromatic carbocycles. The minimum atomic E-state index is -0.910. The molecule has 0 bridgehead atoms. The lowest BCUT2D eigenvalue weighted by molar-refractivity contribution is -0.149. The van der Waals surface area contributed by atoms with Gasteiger partial charge >= 0.3 is 5.97 Å². The fraction of sp³-hybridized carbons (Fsp3) is 0.889. The van der Waals surface area contributed by atoms with Gasteiger partial charge in [-0.25, -0.2) is 4.79 Å². The molecule has 4 nitrogen and oxygen atoms in total. The molecule has 1 rings (SSSR count). The Morgan fingerprint density at radius 1 is 1.77 bits per heavy atom. The van der Waals surface area contributed by atoms with Gasteiger partial charge < -0.3 is 14.6 Å². The third kappa shape index (κ3) is 3.74. The highest BCUT2D eigenvalue weighted by atomic mass is 16.5. The Labute approximate surface area is 77.8 Å². The van der Waals surface area contributed by atoms with Gasteiger partial charge in [0.05, 0.1) is 12.7 Å². The summed E-state index contributed by atoms with van der Waals surface area (Å²) in [5.41, 5.74) is 0. The van der Waals surface area contributed by atoms with Gasteiger partial charge in [-0.3, -0.25) is 0 Å². The fourth-order valence-corrected chi connectivity index (χ4v) is 1.32. The summed E-state index contributed by atoms with van der Waals surface area (Å²) in [6.45, 7) is 2.84. The topological polar surface area (TPSA) is 55.8 Å². The molecule has 0 amide bonds. The van der Waals surface area contributed by atoms with Crippen LogP contribution < -0.4 is 0 Å². The molecule has 1 aliphatic heterocycles. The maximum absolute atomic E-state index is 10.4. The highest BCUT2D eigenvalue weighted by Gasteiger charge is 2.16. The average Bonchev–Trinajstić information content (AvgIpc) is 2.56. The van der Waals surface area contributed by atoms with E-state index in [-0.39, 0.29) is 6.10 Å². The van der Waals surface area contributed by atoms with Crippen LogP contribution in [-0.4, -0.2) is 36.5 Å². The number of rotatable bonds is 5. The number of hydrogen-bond acceptors (Lipinski definition) is 3. The zero-order chi connectivity index (χ0) is 9.68. The molecule has 0 radical (unpaired) electrons. The van der Waals surface area contributed by atoms with Gasteiger partial charge in [-0.15, -0.1) is 0 Å². The Morgan fingerprint density at radius 3 is 3.08 bits per heavy atom. The molecule has 1 saturated heterocycles. The van der Waals surface area contributed by atoms with Crippen LogP contribution in [0, 0.1) is 0 Å². The zero-order valence-corrected chi connectivity index (χ0v) is 7.86. The second-order valence-corrected chi connectivity index (χ2v) is 3.27. The van der Waals surface area contributed by atoms with Crippen LogP contribution in [0.3, 0.4) is 0 Å². The standard InChI is InChI=1S/C9H16O4/c1-7(9(10)11)12-6-4-8-3-2-5-13-8/h7-8H,2-6H2,1H3,(H,10,11). The molecule has 0 spiro atoms. The van der Waals surface area contributed by atoms with Crippen molar-refractivity contribution in [3.05, 3.63) is 0 Å². The first-order chi connectivity index (χ1) is 6.20. The van der Waals surface area contributed by atoms with E-state index in [0.717, 1.165) is 25.9 Å². The van der Waals surface area contributed by atoms with Gasteiger partial charge in [-0.1, -0.05) is 0 Å². The SMILES string of the molecule is CC(OCCC1CCCO1)C(=O)O. The van der Waals surface area contributed by atoms with Gasteiger partial charge in [-0.2, -0.15) is 0 Å². The van der Waals surface area contributed by atoms with E-state index in [1.54, 1.807) is 0 Å². The molecule has 76 valence electrons. The Hall–Kier alpha value is -0.610. The van der Waals surface area contributed by atoms with E-state index in [1.165, 1.54) is 6.92 Å². The number of hydrogen-bond donors (Lipinski definition) is 1. The number of carboxylic acids is 1. The molecule has 2 unspecified atom stereocenters. The lowest BCUT2D eigenvalue weighted by Crippen LogP contribution is -2.22. The second kappa shape index (κ2) is 5.19. The first kappa shape index (κ1) is 10.5. The summed E-state index contributed by atoms with van der Waals surface area (Å²) < 4.78 is 10.5. The molecule has 0 aromatic rings. The van der Waals surface area contributed by atoms with Gasteiger partial charge in [0, 0.05) is 6.61 Å². The average molecular weight is 188 g/mol. The van der Waals surface area contributed by atoms with Crippen LogP contribution in [0.5, 0.6) is 0 Å². The number of aliphatic carboxylic acids is 1. The van der Waals surface area contributed by atoms with Crippen molar-refractivity contribution in [1.82, 2.24) is 0 Å². The Bertz CT molecular complexity index is 163. The molecule has 1 aliphatic rings. The minimum Gasteiger partial charge on any atom is -0.479 e. The first-order valence-corrected chi connectivity index (χ1v) is 4.66. The molecule has 1 fully saturated rings. The van der Waals surface area contributed by atoms with Gasteiger partial charge in [-0.05, 0) is 26.2 Å². The van der Waals surface area contributed by atoms with E-state index in [4.69, 9.17) is 14.6 Å². The van der Waals surface area contributed by atoms with Crippen molar-refractivity contribution in [1.29, 1.82) is 0 Å². The summed E-state index contributed by atoms with van der Waals surface area (Å²) in [7, 11) is 0. The van der Waals surface area contributed by atoms with Crippen molar-refractivity contribution in [2.24, 2.45) is 0 Å².